The molecule has 2 aromatic rings. The standard InChI is InChI=1S/C14H17N7O3/c15-14(16)17-6-10-7-21(20-19-10)8-11(22)18-12(13(23)24)9-4-2-1-3-5-9/h1-5,7,12H,6,8H2,(H,18,22)(H,23,24)(H4,15,16,17)/t12-/m0/s1. The molecule has 1 atom stereocenters. The van der Waals surface area contributed by atoms with E-state index in [1.54, 1.807) is 30.3 Å². The fourth-order valence-electron chi connectivity index (χ4n) is 1.95. The van der Waals surface area contributed by atoms with Gasteiger partial charge in [-0.05, 0) is 5.56 Å². The van der Waals surface area contributed by atoms with Crippen molar-refractivity contribution in [2.24, 2.45) is 16.5 Å². The molecule has 0 fully saturated rings. The maximum Gasteiger partial charge on any atom is 0.330 e. The van der Waals surface area contributed by atoms with Crippen LogP contribution in [0.3, 0.4) is 0 Å². The number of hydrogen-bond donors (Lipinski definition) is 4. The largest absolute Gasteiger partial charge is 0.479 e. The van der Waals surface area contributed by atoms with Crippen LogP contribution in [0.1, 0.15) is 17.3 Å². The summed E-state index contributed by atoms with van der Waals surface area (Å²) >= 11 is 0. The van der Waals surface area contributed by atoms with E-state index >= 15 is 0 Å². The molecule has 2 rings (SSSR count). The van der Waals surface area contributed by atoms with Gasteiger partial charge in [-0.3, -0.25) is 4.79 Å². The summed E-state index contributed by atoms with van der Waals surface area (Å²) in [7, 11) is 0. The van der Waals surface area contributed by atoms with Crippen molar-refractivity contribution in [3.63, 3.8) is 0 Å². The highest BCUT2D eigenvalue weighted by Gasteiger charge is 2.22. The molecule has 0 aliphatic carbocycles. The van der Waals surface area contributed by atoms with E-state index in [9.17, 15) is 14.7 Å². The second kappa shape index (κ2) is 7.72. The third kappa shape index (κ3) is 4.80. The molecule has 126 valence electrons. The zero-order valence-electron chi connectivity index (χ0n) is 12.7. The lowest BCUT2D eigenvalue weighted by Crippen LogP contribution is -2.36. The van der Waals surface area contributed by atoms with Crippen LogP contribution in [0, 0.1) is 0 Å². The Bertz CT molecular complexity index is 738. The number of aliphatic carboxylic acids is 1. The zero-order valence-corrected chi connectivity index (χ0v) is 12.7. The summed E-state index contributed by atoms with van der Waals surface area (Å²) in [5, 5.41) is 19.3. The Balaban J connectivity index is 1.99. The van der Waals surface area contributed by atoms with Gasteiger partial charge in [0, 0.05) is 0 Å². The smallest absolute Gasteiger partial charge is 0.330 e. The van der Waals surface area contributed by atoms with Crippen molar-refractivity contribution in [1.82, 2.24) is 20.3 Å². The molecule has 0 saturated carbocycles. The average molecular weight is 331 g/mol. The summed E-state index contributed by atoms with van der Waals surface area (Å²) in [6, 6.07) is 7.28. The first-order valence-corrected chi connectivity index (χ1v) is 6.97. The van der Waals surface area contributed by atoms with E-state index in [2.05, 4.69) is 20.6 Å². The molecule has 0 aliphatic rings. The number of benzene rings is 1. The van der Waals surface area contributed by atoms with E-state index in [4.69, 9.17) is 11.5 Å². The first kappa shape index (κ1) is 16.9. The number of nitrogens with two attached hydrogens (primary N) is 2. The molecular formula is C14H17N7O3. The lowest BCUT2D eigenvalue weighted by molar-refractivity contribution is -0.142. The summed E-state index contributed by atoms with van der Waals surface area (Å²) in [5.74, 6) is -1.74. The molecular weight excluding hydrogens is 314 g/mol. The Morgan fingerprint density at radius 1 is 1.29 bits per heavy atom. The summed E-state index contributed by atoms with van der Waals surface area (Å²) in [5.41, 5.74) is 11.4. The van der Waals surface area contributed by atoms with Crippen LogP contribution in [0.25, 0.3) is 0 Å². The molecule has 0 saturated heterocycles. The van der Waals surface area contributed by atoms with Crippen LogP contribution in [0.2, 0.25) is 0 Å². The van der Waals surface area contributed by atoms with Gasteiger partial charge in [-0.2, -0.15) is 0 Å². The minimum Gasteiger partial charge on any atom is -0.479 e. The molecule has 0 unspecified atom stereocenters. The van der Waals surface area contributed by atoms with Gasteiger partial charge in [0.2, 0.25) is 5.91 Å². The maximum atomic E-state index is 12.0. The van der Waals surface area contributed by atoms with E-state index in [1.807, 2.05) is 0 Å². The van der Waals surface area contributed by atoms with Gasteiger partial charge in [-0.25, -0.2) is 14.5 Å². The Morgan fingerprint density at radius 2 is 2.00 bits per heavy atom. The predicted octanol–water partition coefficient (Wildman–Crippen LogP) is -1.01. The Hall–Kier alpha value is -3.43. The van der Waals surface area contributed by atoms with Crippen LogP contribution < -0.4 is 16.8 Å². The SMILES string of the molecule is NC(N)=NCc1cn(CC(=O)N[C@H](C(=O)O)c2ccccc2)nn1. The van der Waals surface area contributed by atoms with Gasteiger partial charge in [0.25, 0.3) is 0 Å². The Labute approximate surface area is 137 Å². The number of nitrogens with zero attached hydrogens (tertiary/aromatic N) is 4. The van der Waals surface area contributed by atoms with Crippen molar-refractivity contribution in [3.05, 3.63) is 47.8 Å². The van der Waals surface area contributed by atoms with Crippen molar-refractivity contribution in [3.8, 4) is 0 Å². The van der Waals surface area contributed by atoms with Gasteiger partial charge in [0.1, 0.15) is 12.2 Å². The normalized spacial score (nSPS) is 11.5. The number of nitrogens with one attached hydrogen (secondary N) is 1. The average Bonchev–Trinajstić information content (AvgIpc) is 2.98. The Morgan fingerprint density at radius 3 is 2.62 bits per heavy atom. The number of hydrogen-bond acceptors (Lipinski definition) is 5. The van der Waals surface area contributed by atoms with E-state index in [0.29, 0.717) is 11.3 Å². The van der Waals surface area contributed by atoms with Crippen LogP contribution >= 0.6 is 0 Å². The summed E-state index contributed by atoms with van der Waals surface area (Å²) in [4.78, 5) is 27.2. The van der Waals surface area contributed by atoms with E-state index < -0.39 is 17.9 Å². The van der Waals surface area contributed by atoms with Crippen molar-refractivity contribution in [1.29, 1.82) is 0 Å². The van der Waals surface area contributed by atoms with Crippen LogP contribution in [0.4, 0.5) is 0 Å². The number of carbonyl (C=O) groups is 2. The number of carbonyl (C=O) groups excluding carboxylic acids is 1. The van der Waals surface area contributed by atoms with Gasteiger partial charge < -0.3 is 21.9 Å². The van der Waals surface area contributed by atoms with Gasteiger partial charge in [0.15, 0.2) is 12.0 Å². The van der Waals surface area contributed by atoms with Crippen LogP contribution in [-0.4, -0.2) is 37.9 Å². The fourth-order valence-corrected chi connectivity index (χ4v) is 1.95. The van der Waals surface area contributed by atoms with Crippen LogP contribution in [0.5, 0.6) is 0 Å². The molecule has 1 aromatic carbocycles. The first-order chi connectivity index (χ1) is 11.5. The van der Waals surface area contributed by atoms with Gasteiger partial charge in [-0.1, -0.05) is 35.5 Å². The molecule has 10 nitrogen and oxygen atoms in total. The predicted molar refractivity (Wildman–Crippen MR) is 84.5 cm³/mol. The van der Waals surface area contributed by atoms with E-state index in [0.717, 1.165) is 0 Å². The third-order valence-electron chi connectivity index (χ3n) is 3.00. The molecule has 1 amide bonds. The van der Waals surface area contributed by atoms with E-state index in [-0.39, 0.29) is 19.0 Å². The lowest BCUT2D eigenvalue weighted by atomic mass is 10.1. The number of aromatic nitrogens is 3. The highest BCUT2D eigenvalue weighted by atomic mass is 16.4. The molecule has 1 aromatic heterocycles. The number of amides is 1. The third-order valence-corrected chi connectivity index (χ3v) is 3.00. The van der Waals surface area contributed by atoms with Crippen molar-refractivity contribution >= 4 is 17.8 Å². The zero-order chi connectivity index (χ0) is 17.5. The Kier molecular flexibility index (Phi) is 5.45. The molecule has 0 spiro atoms. The van der Waals surface area contributed by atoms with Gasteiger partial charge in [0.05, 0.1) is 12.7 Å². The fraction of sp³-hybridized carbons (Fsp3) is 0.214. The minimum absolute atomic E-state index is 0.0746. The monoisotopic (exact) mass is 331 g/mol. The summed E-state index contributed by atoms with van der Waals surface area (Å²) < 4.78 is 1.27. The quantitative estimate of drug-likeness (QED) is 0.373. The molecule has 1 heterocycles. The van der Waals surface area contributed by atoms with Crippen LogP contribution in [0.15, 0.2) is 41.5 Å². The highest BCUT2D eigenvalue weighted by Crippen LogP contribution is 2.12. The first-order valence-electron chi connectivity index (χ1n) is 6.97. The minimum atomic E-state index is -1.15. The maximum absolute atomic E-state index is 12.0. The molecule has 0 bridgehead atoms. The van der Waals surface area contributed by atoms with Crippen molar-refractivity contribution in [2.45, 2.75) is 19.1 Å². The molecule has 24 heavy (non-hydrogen) atoms. The van der Waals surface area contributed by atoms with E-state index in [1.165, 1.54) is 10.9 Å². The number of carboxylic acid groups (broad SMARTS) is 1. The van der Waals surface area contributed by atoms with Crippen LogP contribution in [-0.2, 0) is 22.7 Å². The number of aliphatic imine (C=N–C) groups is 1. The van der Waals surface area contributed by atoms with Gasteiger partial charge >= 0.3 is 5.97 Å². The molecule has 10 heteroatoms. The molecule has 0 aliphatic heterocycles. The molecule has 0 radical (unpaired) electrons. The lowest BCUT2D eigenvalue weighted by Gasteiger charge is -2.14. The highest BCUT2D eigenvalue weighted by molar-refractivity contribution is 5.84. The number of rotatable bonds is 7. The number of guanidine groups is 1. The summed E-state index contributed by atoms with van der Waals surface area (Å²) in [6.45, 7) is -0.0306. The number of carboxylic acids is 1. The van der Waals surface area contributed by atoms with Crippen molar-refractivity contribution in [2.75, 3.05) is 0 Å². The van der Waals surface area contributed by atoms with Crippen molar-refractivity contribution < 1.29 is 14.7 Å². The topological polar surface area (TPSA) is 162 Å². The second-order valence-corrected chi connectivity index (χ2v) is 4.90. The second-order valence-electron chi connectivity index (χ2n) is 4.90. The summed E-state index contributed by atoms with van der Waals surface area (Å²) in [6.07, 6.45) is 1.50. The van der Waals surface area contributed by atoms with Gasteiger partial charge in [-0.15, -0.1) is 5.10 Å². The molecule has 6 N–H and O–H groups in total.